The minimum absolute atomic E-state index is 0.230. The average molecular weight is 376 g/mol. The van der Waals surface area contributed by atoms with Crippen molar-refractivity contribution in [2.24, 2.45) is 11.8 Å². The number of halogens is 3. The highest BCUT2D eigenvalue weighted by Crippen LogP contribution is 2.40. The smallest absolute Gasteiger partial charge is 0.326 e. The number of carbonyl (C=O) groups is 2. The molecule has 0 aromatic heterocycles. The molecule has 0 radical (unpaired) electrons. The molecule has 0 heterocycles. The van der Waals surface area contributed by atoms with Crippen LogP contribution in [-0.4, -0.2) is 11.8 Å². The normalized spacial score (nSPS) is 18.7. The van der Waals surface area contributed by atoms with Crippen LogP contribution >= 0.6 is 0 Å². The molecule has 1 aliphatic carbocycles. The molecule has 0 aliphatic heterocycles. The van der Waals surface area contributed by atoms with Crippen LogP contribution in [0.3, 0.4) is 0 Å². The Morgan fingerprint density at radius 2 is 1.33 bits per heavy atom. The van der Waals surface area contributed by atoms with Crippen LogP contribution in [-0.2, 0) is 22.2 Å². The number of alkyl halides is 3. The second-order valence-electron chi connectivity index (χ2n) is 6.55. The van der Waals surface area contributed by atoms with Crippen LogP contribution < -0.4 is 10.6 Å². The van der Waals surface area contributed by atoms with E-state index in [9.17, 15) is 22.8 Å². The first-order valence-electron chi connectivity index (χ1n) is 8.66. The largest absolute Gasteiger partial charge is 0.416 e. The number of anilines is 2. The summed E-state index contributed by atoms with van der Waals surface area (Å²) in [5.74, 6) is -1.49. The van der Waals surface area contributed by atoms with Gasteiger partial charge in [0.25, 0.3) is 0 Å². The van der Waals surface area contributed by atoms with Crippen LogP contribution in [0.4, 0.5) is 24.5 Å². The number of benzene rings is 2. The summed E-state index contributed by atoms with van der Waals surface area (Å²) in [6.45, 7) is 2.04. The Labute approximate surface area is 154 Å². The summed E-state index contributed by atoms with van der Waals surface area (Å²) >= 11 is 0. The molecule has 2 aromatic carbocycles. The van der Waals surface area contributed by atoms with Gasteiger partial charge in [0.15, 0.2) is 0 Å². The van der Waals surface area contributed by atoms with Gasteiger partial charge in [-0.2, -0.15) is 13.2 Å². The number of amides is 2. The summed E-state index contributed by atoms with van der Waals surface area (Å²) in [6.07, 6.45) is -3.09. The summed E-state index contributed by atoms with van der Waals surface area (Å²) in [5, 5.41) is 5.34. The van der Waals surface area contributed by atoms with Gasteiger partial charge in [0.05, 0.1) is 17.4 Å². The fourth-order valence-electron chi connectivity index (χ4n) is 2.81. The number of aryl methyl sites for hydroxylation is 1. The molecular weight excluding hydrogens is 357 g/mol. The van der Waals surface area contributed by atoms with E-state index >= 15 is 0 Å². The summed E-state index contributed by atoms with van der Waals surface area (Å²) in [7, 11) is 0. The molecule has 0 saturated heterocycles. The lowest BCUT2D eigenvalue weighted by Gasteiger charge is -2.09. The lowest BCUT2D eigenvalue weighted by Crippen LogP contribution is -2.20. The van der Waals surface area contributed by atoms with Crippen molar-refractivity contribution in [3.8, 4) is 0 Å². The van der Waals surface area contributed by atoms with Gasteiger partial charge < -0.3 is 10.6 Å². The molecule has 2 unspecified atom stereocenters. The van der Waals surface area contributed by atoms with Crippen LogP contribution in [0.2, 0.25) is 0 Å². The van der Waals surface area contributed by atoms with Gasteiger partial charge in [0, 0.05) is 11.4 Å². The topological polar surface area (TPSA) is 58.2 Å². The van der Waals surface area contributed by atoms with E-state index in [2.05, 4.69) is 10.6 Å². The number of nitrogens with one attached hydrogen (secondary N) is 2. The Morgan fingerprint density at radius 3 is 1.74 bits per heavy atom. The van der Waals surface area contributed by atoms with E-state index in [1.54, 1.807) is 0 Å². The summed E-state index contributed by atoms with van der Waals surface area (Å²) in [6, 6.07) is 11.7. The van der Waals surface area contributed by atoms with Gasteiger partial charge in [0.2, 0.25) is 11.8 Å². The molecule has 3 rings (SSSR count). The van der Waals surface area contributed by atoms with Crippen molar-refractivity contribution in [2.45, 2.75) is 25.9 Å². The molecule has 1 aliphatic rings. The zero-order chi connectivity index (χ0) is 19.6. The molecule has 4 nitrogen and oxygen atoms in total. The van der Waals surface area contributed by atoms with Crippen LogP contribution in [0, 0.1) is 11.8 Å². The molecule has 1 saturated carbocycles. The lowest BCUT2D eigenvalue weighted by molar-refractivity contribution is -0.137. The Kier molecular flexibility index (Phi) is 5.21. The first-order chi connectivity index (χ1) is 12.8. The number of rotatable bonds is 5. The third-order valence-corrected chi connectivity index (χ3v) is 4.57. The first kappa shape index (κ1) is 18.9. The Balaban J connectivity index is 1.52. The zero-order valence-electron chi connectivity index (χ0n) is 14.6. The van der Waals surface area contributed by atoms with Gasteiger partial charge in [0.1, 0.15) is 0 Å². The maximum absolute atomic E-state index is 12.5. The SMILES string of the molecule is CCc1ccc(NC(=O)C2CC2C(=O)Nc2ccc(C(F)(F)F)cc2)cc1. The zero-order valence-corrected chi connectivity index (χ0v) is 14.6. The third kappa shape index (κ3) is 4.67. The third-order valence-electron chi connectivity index (χ3n) is 4.57. The first-order valence-corrected chi connectivity index (χ1v) is 8.66. The molecule has 2 atom stereocenters. The van der Waals surface area contributed by atoms with Crippen LogP contribution in [0.5, 0.6) is 0 Å². The van der Waals surface area contributed by atoms with Crippen LogP contribution in [0.15, 0.2) is 48.5 Å². The molecule has 2 amide bonds. The van der Waals surface area contributed by atoms with Gasteiger partial charge in [-0.1, -0.05) is 19.1 Å². The highest BCUT2D eigenvalue weighted by atomic mass is 19.4. The standard InChI is InChI=1S/C20H19F3N2O2/c1-2-12-3-7-14(8-4-12)24-18(26)16-11-17(16)19(27)25-15-9-5-13(6-10-15)20(21,22)23/h3-10,16-17H,2,11H2,1H3,(H,24,26)(H,25,27). The molecular formula is C20H19F3N2O2. The fraction of sp³-hybridized carbons (Fsp3) is 0.300. The maximum Gasteiger partial charge on any atom is 0.416 e. The summed E-state index contributed by atoms with van der Waals surface area (Å²) in [5.41, 5.74) is 1.33. The molecule has 27 heavy (non-hydrogen) atoms. The van der Waals surface area contributed by atoms with Crippen molar-refractivity contribution in [3.05, 3.63) is 59.7 Å². The maximum atomic E-state index is 12.5. The minimum Gasteiger partial charge on any atom is -0.326 e. The van der Waals surface area contributed by atoms with E-state index in [1.807, 2.05) is 31.2 Å². The Hall–Kier alpha value is -2.83. The quantitative estimate of drug-likeness (QED) is 0.808. The van der Waals surface area contributed by atoms with Gasteiger partial charge in [-0.05, 0) is 54.8 Å². The highest BCUT2D eigenvalue weighted by Gasteiger charge is 2.48. The van der Waals surface area contributed by atoms with Crippen molar-refractivity contribution < 1.29 is 22.8 Å². The van der Waals surface area contributed by atoms with E-state index in [1.165, 1.54) is 12.1 Å². The molecule has 2 N–H and O–H groups in total. The van der Waals surface area contributed by atoms with E-state index < -0.39 is 23.6 Å². The van der Waals surface area contributed by atoms with Gasteiger partial charge >= 0.3 is 6.18 Å². The molecule has 1 fully saturated rings. The monoisotopic (exact) mass is 376 g/mol. The van der Waals surface area contributed by atoms with E-state index in [0.717, 1.165) is 24.1 Å². The second-order valence-corrected chi connectivity index (χ2v) is 6.55. The number of hydrogen-bond donors (Lipinski definition) is 2. The van der Waals surface area contributed by atoms with E-state index in [4.69, 9.17) is 0 Å². The summed E-state index contributed by atoms with van der Waals surface area (Å²) in [4.78, 5) is 24.4. The van der Waals surface area contributed by atoms with Crippen molar-refractivity contribution >= 4 is 23.2 Å². The summed E-state index contributed by atoms with van der Waals surface area (Å²) < 4.78 is 37.6. The highest BCUT2D eigenvalue weighted by molar-refractivity contribution is 6.03. The van der Waals surface area contributed by atoms with Crippen LogP contribution in [0.25, 0.3) is 0 Å². The predicted molar refractivity (Wildman–Crippen MR) is 96.1 cm³/mol. The van der Waals surface area contributed by atoms with E-state index in [0.29, 0.717) is 12.1 Å². The van der Waals surface area contributed by atoms with Crippen LogP contribution in [0.1, 0.15) is 24.5 Å². The lowest BCUT2D eigenvalue weighted by atomic mass is 10.1. The van der Waals surface area contributed by atoms with Gasteiger partial charge in [-0.3, -0.25) is 9.59 Å². The molecule has 142 valence electrons. The van der Waals surface area contributed by atoms with Crippen molar-refractivity contribution in [2.75, 3.05) is 10.6 Å². The predicted octanol–water partition coefficient (Wildman–Crippen LogP) is 4.48. The Bertz CT molecular complexity index is 830. The minimum atomic E-state index is -4.42. The molecule has 0 bridgehead atoms. The Morgan fingerprint density at radius 1 is 0.889 bits per heavy atom. The van der Waals surface area contributed by atoms with Gasteiger partial charge in [-0.25, -0.2) is 0 Å². The molecule has 0 spiro atoms. The number of hydrogen-bond acceptors (Lipinski definition) is 2. The average Bonchev–Trinajstić information content (AvgIpc) is 3.43. The van der Waals surface area contributed by atoms with E-state index in [-0.39, 0.29) is 17.5 Å². The molecule has 7 heteroatoms. The van der Waals surface area contributed by atoms with Gasteiger partial charge in [-0.15, -0.1) is 0 Å². The van der Waals surface area contributed by atoms with Crippen molar-refractivity contribution in [3.63, 3.8) is 0 Å². The fourth-order valence-corrected chi connectivity index (χ4v) is 2.81. The molecule has 2 aromatic rings. The number of carbonyl (C=O) groups excluding carboxylic acids is 2. The van der Waals surface area contributed by atoms with Crippen molar-refractivity contribution in [1.29, 1.82) is 0 Å². The second kappa shape index (κ2) is 7.42. The van der Waals surface area contributed by atoms with Crippen molar-refractivity contribution in [1.82, 2.24) is 0 Å².